The molecular formula is C15H21BrN2O4. The summed E-state index contributed by atoms with van der Waals surface area (Å²) in [4.78, 5) is 11.5. The molecule has 0 saturated carbocycles. The number of carbonyl (C=O) groups is 1. The van der Waals surface area contributed by atoms with Gasteiger partial charge < -0.3 is 14.2 Å². The van der Waals surface area contributed by atoms with Gasteiger partial charge in [-0.15, -0.1) is 0 Å². The van der Waals surface area contributed by atoms with Gasteiger partial charge in [0, 0.05) is 0 Å². The molecule has 1 rings (SSSR count). The Labute approximate surface area is 139 Å². The Morgan fingerprint density at radius 3 is 2.64 bits per heavy atom. The van der Waals surface area contributed by atoms with Gasteiger partial charge in [-0.3, -0.25) is 0 Å². The molecule has 1 aromatic carbocycles. The smallest absolute Gasteiger partial charge is 0.428 e. The maximum absolute atomic E-state index is 11.5. The summed E-state index contributed by atoms with van der Waals surface area (Å²) in [5.74, 6) is 1.21. The molecule has 0 aliphatic carbocycles. The van der Waals surface area contributed by atoms with Crippen molar-refractivity contribution in [3.05, 3.63) is 22.2 Å². The molecule has 6 nitrogen and oxygen atoms in total. The van der Waals surface area contributed by atoms with E-state index in [1.807, 2.05) is 13.0 Å². The molecule has 1 aromatic rings. The Kier molecular flexibility index (Phi) is 6.67. The molecular weight excluding hydrogens is 352 g/mol. The van der Waals surface area contributed by atoms with Crippen molar-refractivity contribution in [2.75, 3.05) is 13.7 Å². The molecule has 0 bridgehead atoms. The summed E-state index contributed by atoms with van der Waals surface area (Å²) < 4.78 is 16.6. The summed E-state index contributed by atoms with van der Waals surface area (Å²) in [5.41, 5.74) is 2.49. The Morgan fingerprint density at radius 1 is 1.41 bits per heavy atom. The van der Waals surface area contributed by atoms with Crippen LogP contribution >= 0.6 is 15.9 Å². The second-order valence-electron chi connectivity index (χ2n) is 5.34. The highest BCUT2D eigenvalue weighted by Gasteiger charge is 2.15. The molecule has 0 heterocycles. The monoisotopic (exact) mass is 372 g/mol. The molecule has 22 heavy (non-hydrogen) atoms. The van der Waals surface area contributed by atoms with E-state index in [0.717, 1.165) is 10.0 Å². The highest BCUT2D eigenvalue weighted by atomic mass is 79.9. The molecule has 0 atom stereocenters. The summed E-state index contributed by atoms with van der Waals surface area (Å²) in [5, 5.41) is 3.86. The highest BCUT2D eigenvalue weighted by Crippen LogP contribution is 2.36. The molecule has 0 fully saturated rings. The van der Waals surface area contributed by atoms with Crippen LogP contribution in [0, 0.1) is 0 Å². The Morgan fingerprint density at radius 2 is 2.09 bits per heavy atom. The number of hydrogen-bond donors (Lipinski definition) is 1. The van der Waals surface area contributed by atoms with E-state index >= 15 is 0 Å². The van der Waals surface area contributed by atoms with Crippen LogP contribution in [0.3, 0.4) is 0 Å². The third-order valence-corrected chi connectivity index (χ3v) is 2.89. The van der Waals surface area contributed by atoms with Gasteiger partial charge in [0.05, 0.1) is 24.4 Å². The molecule has 0 unspecified atom stereocenters. The minimum absolute atomic E-state index is 0.513. The average Bonchev–Trinajstić information content (AvgIpc) is 2.36. The van der Waals surface area contributed by atoms with E-state index in [1.165, 1.54) is 6.21 Å². The lowest BCUT2D eigenvalue weighted by Gasteiger charge is -2.18. The summed E-state index contributed by atoms with van der Waals surface area (Å²) in [7, 11) is 1.57. The minimum atomic E-state index is -0.610. The van der Waals surface area contributed by atoms with Crippen molar-refractivity contribution in [3.8, 4) is 11.5 Å². The van der Waals surface area contributed by atoms with Gasteiger partial charge in [-0.05, 0) is 61.3 Å². The van der Waals surface area contributed by atoms with Crippen LogP contribution in [0.15, 0.2) is 21.7 Å². The number of nitrogens with zero attached hydrogens (tertiary/aromatic N) is 1. The van der Waals surface area contributed by atoms with E-state index in [4.69, 9.17) is 14.2 Å². The zero-order chi connectivity index (χ0) is 16.8. The number of methoxy groups -OCH3 is 1. The van der Waals surface area contributed by atoms with Gasteiger partial charge in [-0.1, -0.05) is 0 Å². The number of nitrogens with one attached hydrogen (secondary N) is 1. The molecule has 1 N–H and O–H groups in total. The third kappa shape index (κ3) is 5.93. The van der Waals surface area contributed by atoms with Crippen LogP contribution in [0.25, 0.3) is 0 Å². The molecule has 0 saturated heterocycles. The normalized spacial score (nSPS) is 11.4. The van der Waals surface area contributed by atoms with Gasteiger partial charge in [-0.25, -0.2) is 10.2 Å². The quantitative estimate of drug-likeness (QED) is 0.631. The fourth-order valence-electron chi connectivity index (χ4n) is 1.58. The number of rotatable bonds is 5. The van der Waals surface area contributed by atoms with Crippen molar-refractivity contribution in [2.24, 2.45) is 5.10 Å². The van der Waals surface area contributed by atoms with Crippen molar-refractivity contribution in [2.45, 2.75) is 33.3 Å². The number of hydrazone groups is 1. The van der Waals surface area contributed by atoms with E-state index in [9.17, 15) is 4.79 Å². The van der Waals surface area contributed by atoms with Crippen molar-refractivity contribution >= 4 is 28.2 Å². The number of benzene rings is 1. The summed E-state index contributed by atoms with van der Waals surface area (Å²) in [6, 6.07) is 3.58. The second-order valence-corrected chi connectivity index (χ2v) is 6.19. The lowest BCUT2D eigenvalue weighted by atomic mass is 10.2. The molecule has 0 aromatic heterocycles. The van der Waals surface area contributed by atoms with Gasteiger partial charge in [0.1, 0.15) is 5.60 Å². The summed E-state index contributed by atoms with van der Waals surface area (Å²) >= 11 is 3.41. The fourth-order valence-corrected chi connectivity index (χ4v) is 2.21. The van der Waals surface area contributed by atoms with Crippen molar-refractivity contribution in [1.29, 1.82) is 0 Å². The number of hydrogen-bond acceptors (Lipinski definition) is 5. The van der Waals surface area contributed by atoms with E-state index in [2.05, 4.69) is 26.5 Å². The van der Waals surface area contributed by atoms with Gasteiger partial charge >= 0.3 is 6.09 Å². The molecule has 0 aliphatic heterocycles. The topological polar surface area (TPSA) is 69.2 Å². The van der Waals surface area contributed by atoms with E-state index in [1.54, 1.807) is 33.9 Å². The van der Waals surface area contributed by atoms with Crippen LogP contribution in [-0.2, 0) is 4.74 Å². The van der Waals surface area contributed by atoms with Crippen molar-refractivity contribution < 1.29 is 19.0 Å². The first kappa shape index (κ1) is 18.3. The maximum Gasteiger partial charge on any atom is 0.428 e. The largest absolute Gasteiger partial charge is 0.492 e. The van der Waals surface area contributed by atoms with Crippen LogP contribution in [0.2, 0.25) is 0 Å². The predicted octanol–water partition coefficient (Wildman–Crippen LogP) is 3.72. The Hall–Kier alpha value is -1.76. The molecule has 0 aliphatic rings. The third-order valence-electron chi connectivity index (χ3n) is 2.30. The Balaban J connectivity index is 2.81. The summed E-state index contributed by atoms with van der Waals surface area (Å²) in [6.07, 6.45) is 0.887. The van der Waals surface area contributed by atoms with Crippen molar-refractivity contribution in [3.63, 3.8) is 0 Å². The van der Waals surface area contributed by atoms with Crippen molar-refractivity contribution in [1.82, 2.24) is 5.43 Å². The predicted molar refractivity (Wildman–Crippen MR) is 88.8 cm³/mol. The molecule has 0 radical (unpaired) electrons. The van der Waals surface area contributed by atoms with Crippen LogP contribution in [-0.4, -0.2) is 31.6 Å². The first-order chi connectivity index (χ1) is 10.3. The second kappa shape index (κ2) is 8.03. The van der Waals surface area contributed by atoms with E-state index < -0.39 is 11.7 Å². The van der Waals surface area contributed by atoms with Crippen LogP contribution in [0.4, 0.5) is 4.79 Å². The lowest BCUT2D eigenvalue weighted by Crippen LogP contribution is -2.29. The molecule has 1 amide bonds. The first-order valence-electron chi connectivity index (χ1n) is 6.79. The van der Waals surface area contributed by atoms with Gasteiger partial charge in [-0.2, -0.15) is 5.10 Å². The zero-order valence-electron chi connectivity index (χ0n) is 13.4. The van der Waals surface area contributed by atoms with Crippen LogP contribution in [0.5, 0.6) is 11.5 Å². The number of ether oxygens (including phenoxy) is 3. The van der Waals surface area contributed by atoms with Gasteiger partial charge in [0.25, 0.3) is 0 Å². The molecule has 122 valence electrons. The number of carbonyl (C=O) groups excluding carboxylic acids is 1. The zero-order valence-corrected chi connectivity index (χ0v) is 15.0. The fraction of sp³-hybridized carbons (Fsp3) is 0.467. The van der Waals surface area contributed by atoms with Gasteiger partial charge in [0.15, 0.2) is 11.5 Å². The number of halogens is 1. The highest BCUT2D eigenvalue weighted by molar-refractivity contribution is 9.10. The minimum Gasteiger partial charge on any atom is -0.492 e. The van der Waals surface area contributed by atoms with Crippen LogP contribution in [0.1, 0.15) is 33.3 Å². The van der Waals surface area contributed by atoms with E-state index in [-0.39, 0.29) is 0 Å². The standard InChI is InChI=1S/C15H21BrN2O4/c1-6-21-12-8-10(7-11(16)13(12)20-5)9-17-18-14(19)22-15(2,3)4/h7-9H,6H2,1-5H3,(H,18,19)/b17-9-. The Bertz CT molecular complexity index is 553. The molecule has 7 heteroatoms. The summed E-state index contributed by atoms with van der Waals surface area (Å²) in [6.45, 7) is 7.75. The average molecular weight is 373 g/mol. The van der Waals surface area contributed by atoms with Gasteiger partial charge in [0.2, 0.25) is 0 Å². The van der Waals surface area contributed by atoms with E-state index in [0.29, 0.717) is 18.1 Å². The number of amides is 1. The first-order valence-corrected chi connectivity index (χ1v) is 7.58. The molecule has 0 spiro atoms. The van der Waals surface area contributed by atoms with Crippen LogP contribution < -0.4 is 14.9 Å². The lowest BCUT2D eigenvalue weighted by molar-refractivity contribution is 0.0529. The maximum atomic E-state index is 11.5. The SMILES string of the molecule is CCOc1cc(/C=N\NC(=O)OC(C)(C)C)cc(Br)c1OC.